The molecular formula is C8H27N3O2Si3. The molecule has 0 aromatic carbocycles. The maximum Gasteiger partial charge on any atom is 0.328 e. The van der Waals surface area contributed by atoms with Gasteiger partial charge < -0.3 is 25.4 Å². The molecule has 16 heavy (non-hydrogen) atoms. The normalized spacial score (nSPS) is 14.2. The van der Waals surface area contributed by atoms with Crippen LogP contribution in [0.3, 0.4) is 0 Å². The lowest BCUT2D eigenvalue weighted by Gasteiger charge is -2.39. The van der Waals surface area contributed by atoms with Gasteiger partial charge in [0.2, 0.25) is 0 Å². The molecule has 0 aliphatic heterocycles. The second-order valence-electron chi connectivity index (χ2n) is 5.47. The summed E-state index contributed by atoms with van der Waals surface area (Å²) in [6.07, 6.45) is 1.63. The first-order chi connectivity index (χ1) is 7.10. The lowest BCUT2D eigenvalue weighted by atomic mass is 11.5. The van der Waals surface area contributed by atoms with Gasteiger partial charge in [-0.15, -0.1) is 0 Å². The van der Waals surface area contributed by atoms with E-state index in [-0.39, 0.29) is 0 Å². The highest BCUT2D eigenvalue weighted by Crippen LogP contribution is 2.18. The van der Waals surface area contributed by atoms with Crippen molar-refractivity contribution in [2.45, 2.75) is 32.7 Å². The van der Waals surface area contributed by atoms with E-state index < -0.39 is 25.2 Å². The van der Waals surface area contributed by atoms with Crippen LogP contribution in [0.5, 0.6) is 0 Å². The van der Waals surface area contributed by atoms with E-state index in [1.54, 1.807) is 0 Å². The lowest BCUT2D eigenvalue weighted by Crippen LogP contribution is -2.61. The van der Waals surface area contributed by atoms with E-state index in [1.165, 1.54) is 0 Å². The van der Waals surface area contributed by atoms with E-state index in [0.717, 1.165) is 0 Å². The molecule has 0 unspecified atom stereocenters. The number of rotatable bonds is 7. The Morgan fingerprint density at radius 2 is 1.00 bits per heavy atom. The van der Waals surface area contributed by atoms with Crippen LogP contribution >= 0.6 is 0 Å². The summed E-state index contributed by atoms with van der Waals surface area (Å²) in [7, 11) is -5.96. The molecule has 0 saturated carbocycles. The first-order valence-electron chi connectivity index (χ1n) is 5.60. The lowest BCUT2D eigenvalue weighted by molar-refractivity contribution is 0.380. The van der Waals surface area contributed by atoms with Gasteiger partial charge in [-0.25, -0.2) is 0 Å². The van der Waals surface area contributed by atoms with Crippen LogP contribution in [0, 0.1) is 0 Å². The molecule has 5 nitrogen and oxygen atoms in total. The second-order valence-corrected chi connectivity index (χ2v) is 17.6. The van der Waals surface area contributed by atoms with E-state index in [9.17, 15) is 0 Å². The molecule has 0 atom stereocenters. The average molecular weight is 282 g/mol. The summed E-state index contributed by atoms with van der Waals surface area (Å²) < 4.78 is 12.3. The fourth-order valence-electron chi connectivity index (χ4n) is 1.36. The molecule has 0 spiro atoms. The number of hydrogen-bond acceptors (Lipinski definition) is 5. The average Bonchev–Trinajstić information content (AvgIpc) is 2.16. The minimum absolute atomic E-state index is 0.458. The fourth-order valence-corrected chi connectivity index (χ4v) is 12.6. The molecule has 0 aromatic heterocycles. The molecule has 0 saturated heterocycles. The van der Waals surface area contributed by atoms with Crippen molar-refractivity contribution >= 4 is 25.2 Å². The molecule has 0 aliphatic carbocycles. The maximum atomic E-state index is 6.15. The molecule has 0 radical (unpaired) electrons. The standard InChI is InChI=1S/C8H27N3O2Si3/c1-14(2,6-9)12-16(5,8-11)13-15(3,4)7-10/h6-11H2,1-5H3. The Kier molecular flexibility index (Phi) is 6.03. The summed E-state index contributed by atoms with van der Waals surface area (Å²) in [5.74, 6) is 0. The molecule has 0 aliphatic rings. The van der Waals surface area contributed by atoms with Crippen LogP contribution in [0.25, 0.3) is 0 Å². The van der Waals surface area contributed by atoms with Gasteiger partial charge in [-0.1, -0.05) is 0 Å². The third kappa shape index (κ3) is 5.68. The van der Waals surface area contributed by atoms with Crippen molar-refractivity contribution in [1.29, 1.82) is 0 Å². The van der Waals surface area contributed by atoms with Crippen LogP contribution in [0.1, 0.15) is 0 Å². The van der Waals surface area contributed by atoms with Crippen LogP contribution in [0.15, 0.2) is 0 Å². The Bertz CT molecular complexity index is 209. The molecule has 8 heteroatoms. The van der Waals surface area contributed by atoms with Gasteiger partial charge in [0.05, 0.1) is 0 Å². The number of hydrogen-bond donors (Lipinski definition) is 3. The first-order valence-corrected chi connectivity index (χ1v) is 14.4. The van der Waals surface area contributed by atoms with Gasteiger partial charge in [0.25, 0.3) is 0 Å². The van der Waals surface area contributed by atoms with E-state index in [1.807, 2.05) is 6.55 Å². The Balaban J connectivity index is 4.67. The van der Waals surface area contributed by atoms with Gasteiger partial charge in [0.15, 0.2) is 16.6 Å². The van der Waals surface area contributed by atoms with Crippen molar-refractivity contribution in [3.63, 3.8) is 0 Å². The van der Waals surface area contributed by atoms with Crippen molar-refractivity contribution in [3.8, 4) is 0 Å². The van der Waals surface area contributed by atoms with Crippen molar-refractivity contribution in [2.24, 2.45) is 17.2 Å². The molecule has 0 heterocycles. The zero-order valence-corrected chi connectivity index (χ0v) is 14.2. The monoisotopic (exact) mass is 281 g/mol. The molecule has 0 amide bonds. The minimum atomic E-state index is -2.29. The van der Waals surface area contributed by atoms with Crippen molar-refractivity contribution in [2.75, 3.05) is 18.5 Å². The van der Waals surface area contributed by atoms with Crippen LogP contribution in [-0.4, -0.2) is 43.7 Å². The summed E-state index contributed by atoms with van der Waals surface area (Å²) in [5.41, 5.74) is 17.2. The predicted molar refractivity (Wildman–Crippen MR) is 75.9 cm³/mol. The van der Waals surface area contributed by atoms with Gasteiger partial charge >= 0.3 is 8.56 Å². The largest absolute Gasteiger partial charge is 0.435 e. The van der Waals surface area contributed by atoms with Gasteiger partial charge in [-0.3, -0.25) is 0 Å². The summed E-state index contributed by atoms with van der Waals surface area (Å²) in [5, 5.41) is 0. The van der Waals surface area contributed by atoms with Gasteiger partial charge in [0.1, 0.15) is 0 Å². The zero-order chi connectivity index (χ0) is 13.0. The number of nitrogens with two attached hydrogens (primary N) is 3. The van der Waals surface area contributed by atoms with Crippen LogP contribution in [-0.2, 0) is 8.23 Å². The zero-order valence-electron chi connectivity index (χ0n) is 11.2. The Morgan fingerprint density at radius 3 is 1.19 bits per heavy atom. The van der Waals surface area contributed by atoms with Crippen LogP contribution < -0.4 is 17.2 Å². The Labute approximate surface area is 102 Å². The molecular weight excluding hydrogens is 254 g/mol. The van der Waals surface area contributed by atoms with Crippen molar-refractivity contribution in [1.82, 2.24) is 0 Å². The second kappa shape index (κ2) is 5.87. The summed E-state index contributed by atoms with van der Waals surface area (Å²) >= 11 is 0. The summed E-state index contributed by atoms with van der Waals surface area (Å²) in [4.78, 5) is 0. The topological polar surface area (TPSA) is 96.5 Å². The molecule has 0 rings (SSSR count). The maximum absolute atomic E-state index is 6.15. The first kappa shape index (κ1) is 16.5. The predicted octanol–water partition coefficient (Wildman–Crippen LogP) is -0.00450. The highest BCUT2D eigenvalue weighted by atomic mass is 28.5. The smallest absolute Gasteiger partial charge is 0.328 e. The van der Waals surface area contributed by atoms with Crippen LogP contribution in [0.2, 0.25) is 32.7 Å². The van der Waals surface area contributed by atoms with Crippen LogP contribution in [0.4, 0.5) is 0 Å². The van der Waals surface area contributed by atoms with Gasteiger partial charge in [-0.05, 0) is 32.7 Å². The third-order valence-corrected chi connectivity index (χ3v) is 12.9. The van der Waals surface area contributed by atoms with E-state index >= 15 is 0 Å². The van der Waals surface area contributed by atoms with Crippen molar-refractivity contribution in [3.05, 3.63) is 0 Å². The molecule has 98 valence electrons. The summed E-state index contributed by atoms with van der Waals surface area (Å²) in [6.45, 7) is 10.4. The highest BCUT2D eigenvalue weighted by Gasteiger charge is 2.41. The van der Waals surface area contributed by atoms with E-state index in [0.29, 0.717) is 18.5 Å². The Hall–Kier alpha value is 0.451. The summed E-state index contributed by atoms with van der Waals surface area (Å²) in [6, 6.07) is 0. The Morgan fingerprint density at radius 1 is 0.688 bits per heavy atom. The highest BCUT2D eigenvalue weighted by molar-refractivity contribution is 6.88. The molecule has 0 aromatic rings. The van der Waals surface area contributed by atoms with Gasteiger partial charge in [-0.2, -0.15) is 0 Å². The quantitative estimate of drug-likeness (QED) is 0.571. The molecule has 6 N–H and O–H groups in total. The minimum Gasteiger partial charge on any atom is -0.435 e. The fraction of sp³-hybridized carbons (Fsp3) is 1.00. The van der Waals surface area contributed by atoms with Crippen molar-refractivity contribution < 1.29 is 8.23 Å². The van der Waals surface area contributed by atoms with E-state index in [2.05, 4.69) is 26.2 Å². The third-order valence-electron chi connectivity index (χ3n) is 2.34. The molecule has 0 bridgehead atoms. The SMILES string of the molecule is C[Si](C)(CN)O[Si](C)(CN)O[Si](C)(C)CN. The molecule has 0 fully saturated rings. The van der Waals surface area contributed by atoms with E-state index in [4.69, 9.17) is 25.4 Å². The van der Waals surface area contributed by atoms with Gasteiger partial charge in [0, 0.05) is 18.5 Å².